The maximum atomic E-state index is 12.5. The van der Waals surface area contributed by atoms with E-state index in [4.69, 9.17) is 44.9 Å². The van der Waals surface area contributed by atoms with Crippen molar-refractivity contribution in [3.05, 3.63) is 63.1 Å². The molecule has 0 N–H and O–H groups in total. The first kappa shape index (κ1) is 22.1. The van der Waals surface area contributed by atoms with Crippen LogP contribution >= 0.6 is 35.4 Å². The molecule has 0 saturated carbocycles. The normalized spacial score (nSPS) is 14.3. The lowest BCUT2D eigenvalue weighted by Gasteiger charge is -2.31. The van der Waals surface area contributed by atoms with E-state index < -0.39 is 11.8 Å². The molecule has 1 aliphatic heterocycles. The molecule has 2 amide bonds. The van der Waals surface area contributed by atoms with Crippen molar-refractivity contribution in [3.63, 3.8) is 0 Å². The van der Waals surface area contributed by atoms with E-state index in [2.05, 4.69) is 0 Å². The summed E-state index contributed by atoms with van der Waals surface area (Å²) in [4.78, 5) is 27.5. The third-order valence-corrected chi connectivity index (χ3v) is 5.73. The van der Waals surface area contributed by atoms with Crippen LogP contribution in [0, 0.1) is 0 Å². The molecule has 0 atom stereocenters. The van der Waals surface area contributed by atoms with Crippen molar-refractivity contribution in [1.82, 2.24) is 9.80 Å². The molecule has 1 fully saturated rings. The van der Waals surface area contributed by atoms with E-state index in [1.807, 2.05) is 18.2 Å². The largest absolute Gasteiger partial charge is 0.493 e. The Labute approximate surface area is 189 Å². The molecule has 6 nitrogen and oxygen atoms in total. The first-order valence-corrected chi connectivity index (χ1v) is 9.96. The maximum Gasteiger partial charge on any atom is 0.265 e. The molecule has 1 heterocycles. The summed E-state index contributed by atoms with van der Waals surface area (Å²) in [5.41, 5.74) is 1.27. The fourth-order valence-electron chi connectivity index (χ4n) is 2.87. The number of ether oxygens (including phenoxy) is 2. The van der Waals surface area contributed by atoms with Gasteiger partial charge in [-0.25, -0.2) is 0 Å². The van der Waals surface area contributed by atoms with E-state index in [9.17, 15) is 9.59 Å². The first-order valence-electron chi connectivity index (χ1n) is 8.80. The van der Waals surface area contributed by atoms with Gasteiger partial charge in [0, 0.05) is 24.7 Å². The average Bonchev–Trinajstić information content (AvgIpc) is 2.74. The second kappa shape index (κ2) is 9.04. The average molecular weight is 465 g/mol. The van der Waals surface area contributed by atoms with Gasteiger partial charge in [0.15, 0.2) is 16.6 Å². The molecule has 1 aliphatic rings. The summed E-state index contributed by atoms with van der Waals surface area (Å²) in [6.07, 6.45) is 1.45. The van der Waals surface area contributed by atoms with Crippen LogP contribution in [0.15, 0.2) is 42.0 Å². The Kier molecular flexibility index (Phi) is 6.65. The number of likely N-dealkylation sites (N-methyl/N-ethyl adjacent to an activating group) is 2. The minimum atomic E-state index is -0.489. The molecule has 30 heavy (non-hydrogen) atoms. The van der Waals surface area contributed by atoms with Crippen LogP contribution in [-0.2, 0) is 16.2 Å². The predicted molar refractivity (Wildman–Crippen MR) is 120 cm³/mol. The molecule has 156 valence electrons. The van der Waals surface area contributed by atoms with Gasteiger partial charge in [-0.15, -0.1) is 0 Å². The van der Waals surface area contributed by atoms with E-state index in [1.54, 1.807) is 18.2 Å². The van der Waals surface area contributed by atoms with Crippen molar-refractivity contribution in [3.8, 4) is 11.5 Å². The third kappa shape index (κ3) is 4.28. The van der Waals surface area contributed by atoms with Gasteiger partial charge in [-0.2, -0.15) is 0 Å². The maximum absolute atomic E-state index is 12.5. The molecule has 0 aliphatic carbocycles. The minimum absolute atomic E-state index is 0.0311. The SMILES string of the molecule is COc1cc(C=C2C(=O)N(C)C(=S)N(C)C2=O)cc(Cl)c1OCc1ccccc1Cl. The lowest BCUT2D eigenvalue weighted by molar-refractivity contribution is -0.132. The Morgan fingerprint density at radius 3 is 2.27 bits per heavy atom. The van der Waals surface area contributed by atoms with Crippen LogP contribution < -0.4 is 9.47 Å². The van der Waals surface area contributed by atoms with Crippen molar-refractivity contribution in [2.24, 2.45) is 0 Å². The molecule has 0 aromatic heterocycles. The van der Waals surface area contributed by atoms with Crippen LogP contribution in [0.2, 0.25) is 10.0 Å². The van der Waals surface area contributed by atoms with Gasteiger partial charge in [0.2, 0.25) is 0 Å². The monoisotopic (exact) mass is 464 g/mol. The Balaban J connectivity index is 1.93. The standard InChI is InChI=1S/C21H18Cl2N2O4S/c1-24-19(26)14(20(27)25(2)21(24)30)8-12-9-16(23)18(17(10-12)28-3)29-11-13-6-4-5-7-15(13)22/h4-10H,11H2,1-3H3. The summed E-state index contributed by atoms with van der Waals surface area (Å²) in [5, 5.41) is 0.983. The molecule has 1 saturated heterocycles. The van der Waals surface area contributed by atoms with Crippen molar-refractivity contribution in [2.45, 2.75) is 6.61 Å². The highest BCUT2D eigenvalue weighted by Crippen LogP contribution is 2.38. The van der Waals surface area contributed by atoms with Crippen LogP contribution in [0.25, 0.3) is 6.08 Å². The van der Waals surface area contributed by atoms with Crippen molar-refractivity contribution >= 4 is 58.4 Å². The van der Waals surface area contributed by atoms with Gasteiger partial charge in [0.25, 0.3) is 11.8 Å². The summed E-state index contributed by atoms with van der Waals surface area (Å²) >= 11 is 17.7. The zero-order valence-corrected chi connectivity index (χ0v) is 18.8. The number of rotatable bonds is 5. The molecule has 2 aromatic rings. The summed E-state index contributed by atoms with van der Waals surface area (Å²) in [6, 6.07) is 10.5. The van der Waals surface area contributed by atoms with Gasteiger partial charge >= 0.3 is 0 Å². The zero-order chi connectivity index (χ0) is 22.0. The molecule has 0 unspecified atom stereocenters. The number of hydrogen-bond donors (Lipinski definition) is 0. The molecular formula is C21H18Cl2N2O4S. The van der Waals surface area contributed by atoms with Gasteiger partial charge in [-0.1, -0.05) is 41.4 Å². The number of benzene rings is 2. The summed E-state index contributed by atoms with van der Waals surface area (Å²) < 4.78 is 11.2. The van der Waals surface area contributed by atoms with E-state index >= 15 is 0 Å². The van der Waals surface area contributed by atoms with Crippen molar-refractivity contribution < 1.29 is 19.1 Å². The van der Waals surface area contributed by atoms with Gasteiger partial charge in [0.05, 0.1) is 12.1 Å². The number of halogens is 2. The number of thiocarbonyl (C=S) groups is 1. The second-order valence-electron chi connectivity index (χ2n) is 6.48. The van der Waals surface area contributed by atoms with Crippen LogP contribution in [0.4, 0.5) is 0 Å². The number of amides is 2. The van der Waals surface area contributed by atoms with Gasteiger partial charge in [-0.3, -0.25) is 19.4 Å². The highest BCUT2D eigenvalue weighted by atomic mass is 35.5. The lowest BCUT2D eigenvalue weighted by atomic mass is 10.1. The van der Waals surface area contributed by atoms with E-state index in [1.165, 1.54) is 37.1 Å². The van der Waals surface area contributed by atoms with E-state index in [-0.39, 0.29) is 22.3 Å². The van der Waals surface area contributed by atoms with Gasteiger partial charge in [-0.05, 0) is 42.1 Å². The minimum Gasteiger partial charge on any atom is -0.493 e. The van der Waals surface area contributed by atoms with Crippen molar-refractivity contribution in [1.29, 1.82) is 0 Å². The third-order valence-electron chi connectivity index (χ3n) is 4.54. The smallest absolute Gasteiger partial charge is 0.265 e. The van der Waals surface area contributed by atoms with Gasteiger partial charge in [0.1, 0.15) is 12.2 Å². The van der Waals surface area contributed by atoms with E-state index in [0.29, 0.717) is 22.1 Å². The summed E-state index contributed by atoms with van der Waals surface area (Å²) in [6.45, 7) is 0.195. The van der Waals surface area contributed by atoms with Crippen LogP contribution in [0.5, 0.6) is 11.5 Å². The fourth-order valence-corrected chi connectivity index (χ4v) is 3.50. The Morgan fingerprint density at radius 1 is 1.03 bits per heavy atom. The number of carbonyl (C=O) groups excluding carboxylic acids is 2. The molecule has 0 spiro atoms. The molecule has 0 radical (unpaired) electrons. The topological polar surface area (TPSA) is 59.1 Å². The number of nitrogens with zero attached hydrogens (tertiary/aromatic N) is 2. The molecule has 9 heteroatoms. The molecule has 3 rings (SSSR count). The van der Waals surface area contributed by atoms with E-state index in [0.717, 1.165) is 5.56 Å². The Bertz CT molecular complexity index is 1040. The molecular weight excluding hydrogens is 447 g/mol. The summed E-state index contributed by atoms with van der Waals surface area (Å²) in [5.74, 6) is -0.290. The Hall–Kier alpha value is -2.61. The zero-order valence-electron chi connectivity index (χ0n) is 16.4. The van der Waals surface area contributed by atoms with Crippen molar-refractivity contribution in [2.75, 3.05) is 21.2 Å². The van der Waals surface area contributed by atoms with Crippen LogP contribution in [0.1, 0.15) is 11.1 Å². The number of methoxy groups -OCH3 is 1. The first-order chi connectivity index (χ1) is 14.2. The number of carbonyl (C=O) groups is 2. The number of hydrogen-bond acceptors (Lipinski definition) is 5. The van der Waals surface area contributed by atoms with Crippen LogP contribution in [-0.4, -0.2) is 47.9 Å². The highest BCUT2D eigenvalue weighted by Gasteiger charge is 2.35. The van der Waals surface area contributed by atoms with Crippen LogP contribution in [0.3, 0.4) is 0 Å². The lowest BCUT2D eigenvalue weighted by Crippen LogP contribution is -2.52. The fraction of sp³-hybridized carbons (Fsp3) is 0.190. The molecule has 2 aromatic carbocycles. The summed E-state index contributed by atoms with van der Waals surface area (Å²) in [7, 11) is 4.50. The van der Waals surface area contributed by atoms with Gasteiger partial charge < -0.3 is 9.47 Å². The predicted octanol–water partition coefficient (Wildman–Crippen LogP) is 4.18. The molecule has 0 bridgehead atoms. The Morgan fingerprint density at radius 2 is 1.67 bits per heavy atom. The second-order valence-corrected chi connectivity index (χ2v) is 7.66. The highest BCUT2D eigenvalue weighted by molar-refractivity contribution is 7.80. The quantitative estimate of drug-likeness (QED) is 0.377.